The van der Waals surface area contributed by atoms with Gasteiger partial charge in [-0.05, 0) is 124 Å². The molecule has 41 heavy (non-hydrogen) atoms. The van der Waals surface area contributed by atoms with Crippen molar-refractivity contribution >= 4 is 0 Å². The second kappa shape index (κ2) is 9.22. The molecule has 4 saturated heterocycles. The SMILES string of the molecule is C1CC2CCC3C4C2C(C1)C1CCCCC1N4C1CCCC2C1N3C1CCC3CCCC4C5CCCCC5N2C1C34. The molecule has 3 nitrogen and oxygen atoms in total. The lowest BCUT2D eigenvalue weighted by molar-refractivity contribution is -0.275. The number of hydrogen-bond donors (Lipinski definition) is 0. The van der Waals surface area contributed by atoms with Gasteiger partial charge in [0.25, 0.3) is 0 Å². The highest BCUT2D eigenvalue weighted by atomic mass is 15.5. The minimum absolute atomic E-state index is 0.879. The Balaban J connectivity index is 1.07. The monoisotopic (exact) mass is 557 g/mol. The normalized spacial score (nSPS) is 61.0. The van der Waals surface area contributed by atoms with Gasteiger partial charge in [0.05, 0.1) is 0 Å². The lowest BCUT2D eigenvalue weighted by Crippen LogP contribution is -2.87. The molecule has 4 heterocycles. The van der Waals surface area contributed by atoms with Gasteiger partial charge in [0.1, 0.15) is 0 Å². The molecule has 16 unspecified atom stereocenters. The molecule has 3 heteroatoms. The zero-order chi connectivity index (χ0) is 26.4. The molecule has 11 rings (SSSR count). The van der Waals surface area contributed by atoms with Crippen molar-refractivity contribution in [3.05, 3.63) is 0 Å². The highest BCUT2D eigenvalue weighted by Crippen LogP contribution is 2.64. The summed E-state index contributed by atoms with van der Waals surface area (Å²) in [4.78, 5) is 10.4. The average molecular weight is 558 g/mol. The van der Waals surface area contributed by atoms with Gasteiger partial charge in [0.15, 0.2) is 0 Å². The predicted molar refractivity (Wildman–Crippen MR) is 164 cm³/mol. The van der Waals surface area contributed by atoms with Crippen LogP contribution in [-0.4, -0.2) is 69.1 Å². The highest BCUT2D eigenvalue weighted by molar-refractivity contribution is 5.24. The Morgan fingerprint density at radius 2 is 0.659 bits per heavy atom. The summed E-state index contributed by atoms with van der Waals surface area (Å²) >= 11 is 0. The van der Waals surface area contributed by atoms with E-state index >= 15 is 0 Å². The Kier molecular flexibility index (Phi) is 5.65. The number of hydrogen-bond acceptors (Lipinski definition) is 3. The van der Waals surface area contributed by atoms with Crippen molar-refractivity contribution in [2.45, 2.75) is 189 Å². The maximum Gasteiger partial charge on any atom is 0.0414 e. The van der Waals surface area contributed by atoms with Crippen LogP contribution >= 0.6 is 0 Å². The Morgan fingerprint density at radius 1 is 0.268 bits per heavy atom. The Hall–Kier alpha value is -0.120. The van der Waals surface area contributed by atoms with E-state index in [0.717, 1.165) is 102 Å². The third-order valence-corrected chi connectivity index (χ3v) is 17.3. The summed E-state index contributed by atoms with van der Waals surface area (Å²) in [6, 6.07) is 8.30. The van der Waals surface area contributed by atoms with Crippen LogP contribution in [0.3, 0.4) is 0 Å². The fourth-order valence-electron chi connectivity index (χ4n) is 16.8. The van der Waals surface area contributed by atoms with Crippen molar-refractivity contribution < 1.29 is 0 Å². The fourth-order valence-corrected chi connectivity index (χ4v) is 16.8. The number of nitrogens with zero attached hydrogens (tertiary/aromatic N) is 3. The van der Waals surface area contributed by atoms with Crippen LogP contribution in [0.2, 0.25) is 0 Å². The van der Waals surface area contributed by atoms with Crippen LogP contribution in [0.25, 0.3) is 0 Å². The van der Waals surface area contributed by atoms with E-state index in [2.05, 4.69) is 14.7 Å². The van der Waals surface area contributed by atoms with Gasteiger partial charge in [-0.3, -0.25) is 14.7 Å². The van der Waals surface area contributed by atoms with Crippen LogP contribution in [0, 0.1) is 47.3 Å². The largest absolute Gasteiger partial charge is 0.291 e. The van der Waals surface area contributed by atoms with Gasteiger partial charge in [-0.15, -0.1) is 0 Å². The summed E-state index contributed by atoms with van der Waals surface area (Å²) in [5, 5.41) is 0. The molecule has 0 radical (unpaired) electrons. The maximum absolute atomic E-state index is 3.49. The molecule has 7 saturated carbocycles. The van der Waals surface area contributed by atoms with E-state index in [9.17, 15) is 0 Å². The first-order valence-corrected chi connectivity index (χ1v) is 19.7. The molecule has 11 fully saturated rings. The lowest BCUT2D eigenvalue weighted by atomic mass is 9.49. The summed E-state index contributed by atoms with van der Waals surface area (Å²) in [5.41, 5.74) is 0. The Labute approximate surface area is 250 Å². The van der Waals surface area contributed by atoms with E-state index in [1.807, 2.05) is 0 Å². The molecular weight excluding hydrogens is 498 g/mol. The number of fused-ring (bicyclic) bond motifs is 10. The lowest BCUT2D eigenvalue weighted by Gasteiger charge is -2.77. The van der Waals surface area contributed by atoms with E-state index < -0.39 is 0 Å². The standard InChI is InChI=1S/C38H59N3/c1-3-14-28-24(10-1)26-12-5-8-22-18-20-32-37(34(22)26)39(28)30-16-7-17-31-36(30)41(32)33-21-19-23-9-6-13-27-25-11-2-4-15-29(25)40(31)38(33)35(23)27/h22-38H,1-21H2. The first-order valence-electron chi connectivity index (χ1n) is 19.7. The van der Waals surface area contributed by atoms with E-state index in [1.165, 1.54) is 19.3 Å². The quantitative estimate of drug-likeness (QED) is 0.306. The fraction of sp³-hybridized carbons (Fsp3) is 1.00. The zero-order valence-electron chi connectivity index (χ0n) is 26.0. The van der Waals surface area contributed by atoms with Crippen LogP contribution in [0.5, 0.6) is 0 Å². The second-order valence-corrected chi connectivity index (χ2v) is 18.1. The smallest absolute Gasteiger partial charge is 0.0414 e. The summed E-state index contributed by atoms with van der Waals surface area (Å²) in [6.07, 6.45) is 32.9. The first kappa shape index (κ1) is 25.1. The zero-order valence-corrected chi connectivity index (χ0v) is 26.0. The van der Waals surface area contributed by atoms with Gasteiger partial charge in [0, 0.05) is 54.4 Å². The molecule has 0 aromatic carbocycles. The van der Waals surface area contributed by atoms with Crippen molar-refractivity contribution in [3.63, 3.8) is 0 Å². The van der Waals surface area contributed by atoms with Gasteiger partial charge < -0.3 is 0 Å². The molecule has 11 aliphatic rings. The van der Waals surface area contributed by atoms with E-state index in [4.69, 9.17) is 0 Å². The third kappa shape index (κ3) is 3.19. The van der Waals surface area contributed by atoms with Crippen LogP contribution in [0.15, 0.2) is 0 Å². The van der Waals surface area contributed by atoms with Gasteiger partial charge in [-0.1, -0.05) is 57.8 Å². The minimum Gasteiger partial charge on any atom is -0.291 e. The molecule has 0 aromatic heterocycles. The topological polar surface area (TPSA) is 9.72 Å². The second-order valence-electron chi connectivity index (χ2n) is 18.1. The van der Waals surface area contributed by atoms with Crippen LogP contribution in [0.1, 0.15) is 135 Å². The molecule has 0 aromatic rings. The van der Waals surface area contributed by atoms with E-state index in [1.54, 1.807) is 116 Å². The van der Waals surface area contributed by atoms with Crippen molar-refractivity contribution in [1.29, 1.82) is 0 Å². The number of piperazine rings is 2. The summed E-state index contributed by atoms with van der Waals surface area (Å²) in [7, 11) is 0. The molecule has 0 spiro atoms. The molecule has 0 bridgehead atoms. The van der Waals surface area contributed by atoms with Gasteiger partial charge >= 0.3 is 0 Å². The molecular formula is C38H59N3. The molecule has 0 amide bonds. The van der Waals surface area contributed by atoms with Gasteiger partial charge in [-0.25, -0.2) is 0 Å². The minimum atomic E-state index is 0.879. The Bertz CT molecular complexity index is 965. The third-order valence-electron chi connectivity index (χ3n) is 17.3. The Morgan fingerprint density at radius 3 is 1.20 bits per heavy atom. The average Bonchev–Trinajstić information content (AvgIpc) is 3.04. The summed E-state index contributed by atoms with van der Waals surface area (Å²) in [6.45, 7) is 0. The molecule has 16 atom stereocenters. The number of rotatable bonds is 0. The molecule has 226 valence electrons. The number of piperidine rings is 2. The molecule has 0 N–H and O–H groups in total. The van der Waals surface area contributed by atoms with Crippen molar-refractivity contribution in [3.8, 4) is 0 Å². The van der Waals surface area contributed by atoms with Crippen molar-refractivity contribution in [2.24, 2.45) is 47.3 Å². The van der Waals surface area contributed by atoms with E-state index in [-0.39, 0.29) is 0 Å². The van der Waals surface area contributed by atoms with Crippen LogP contribution < -0.4 is 0 Å². The van der Waals surface area contributed by atoms with Crippen molar-refractivity contribution in [1.82, 2.24) is 14.7 Å². The molecule has 7 aliphatic carbocycles. The van der Waals surface area contributed by atoms with Gasteiger partial charge in [-0.2, -0.15) is 0 Å². The van der Waals surface area contributed by atoms with Crippen molar-refractivity contribution in [2.75, 3.05) is 0 Å². The van der Waals surface area contributed by atoms with Crippen LogP contribution in [-0.2, 0) is 0 Å². The first-order chi connectivity index (χ1) is 20.4. The summed E-state index contributed by atoms with van der Waals surface area (Å²) < 4.78 is 0. The molecule has 4 aliphatic heterocycles. The van der Waals surface area contributed by atoms with Crippen LogP contribution in [0.4, 0.5) is 0 Å². The highest BCUT2D eigenvalue weighted by Gasteiger charge is 2.70. The predicted octanol–water partition coefficient (Wildman–Crippen LogP) is 7.48. The maximum atomic E-state index is 3.49. The summed E-state index contributed by atoms with van der Waals surface area (Å²) in [5.74, 6) is 8.59. The van der Waals surface area contributed by atoms with Gasteiger partial charge in [0.2, 0.25) is 0 Å². The van der Waals surface area contributed by atoms with E-state index in [0.29, 0.717) is 0 Å².